The molecule has 2 heterocycles. The van der Waals surface area contributed by atoms with E-state index in [1.54, 1.807) is 41.5 Å². The fourth-order valence-electron chi connectivity index (χ4n) is 3.82. The largest absolute Gasteiger partial charge is 0.459 e. The number of carbonyl (C=O) groups excluding carboxylic acids is 2. The van der Waals surface area contributed by atoms with Crippen LogP contribution in [0.15, 0.2) is 53.1 Å². The van der Waals surface area contributed by atoms with Crippen molar-refractivity contribution in [1.82, 2.24) is 5.06 Å². The van der Waals surface area contributed by atoms with Gasteiger partial charge < -0.3 is 14.0 Å². The quantitative estimate of drug-likeness (QED) is 0.749. The molecule has 0 N–H and O–H groups in total. The van der Waals surface area contributed by atoms with Crippen LogP contribution in [0.1, 0.15) is 61.4 Å². The second-order valence-electron chi connectivity index (χ2n) is 8.08. The van der Waals surface area contributed by atoms with Crippen molar-refractivity contribution in [3.8, 4) is 0 Å². The lowest BCUT2D eigenvalue weighted by Crippen LogP contribution is -2.62. The molecule has 0 amide bonds. The minimum absolute atomic E-state index is 0.152. The molecule has 27 heavy (non-hydrogen) atoms. The highest BCUT2D eigenvalue weighted by atomic mass is 16.7. The molecule has 1 aliphatic rings. The molecule has 144 valence electrons. The van der Waals surface area contributed by atoms with Crippen LogP contribution in [0.3, 0.4) is 0 Å². The number of hydroxylamine groups is 2. The summed E-state index contributed by atoms with van der Waals surface area (Å²) >= 11 is 0. The third-order valence-electron chi connectivity index (χ3n) is 4.73. The lowest BCUT2D eigenvalue weighted by atomic mass is 9.80. The third-order valence-corrected chi connectivity index (χ3v) is 4.73. The van der Waals surface area contributed by atoms with Crippen LogP contribution in [0.4, 0.5) is 0 Å². The normalized spacial score (nSPS) is 19.4. The maximum absolute atomic E-state index is 12.4. The van der Waals surface area contributed by atoms with Gasteiger partial charge in [-0.05, 0) is 52.0 Å². The average molecular weight is 371 g/mol. The van der Waals surface area contributed by atoms with Crippen molar-refractivity contribution in [2.45, 2.75) is 57.7 Å². The van der Waals surface area contributed by atoms with Gasteiger partial charge >= 0.3 is 11.9 Å². The summed E-state index contributed by atoms with van der Waals surface area (Å²) in [5, 5.41) is 1.69. The van der Waals surface area contributed by atoms with Crippen molar-refractivity contribution in [2.24, 2.45) is 0 Å². The first kappa shape index (κ1) is 19.2. The molecule has 6 nitrogen and oxygen atoms in total. The Morgan fingerprint density at radius 3 is 2.15 bits per heavy atom. The average Bonchev–Trinajstić information content (AvgIpc) is 3.12. The number of esters is 1. The lowest BCUT2D eigenvalue weighted by molar-refractivity contribution is -0.255. The Labute approximate surface area is 159 Å². The first-order chi connectivity index (χ1) is 12.7. The molecule has 0 radical (unpaired) electrons. The van der Waals surface area contributed by atoms with Crippen LogP contribution < -0.4 is 0 Å². The van der Waals surface area contributed by atoms with Crippen molar-refractivity contribution >= 4 is 11.9 Å². The van der Waals surface area contributed by atoms with E-state index >= 15 is 0 Å². The van der Waals surface area contributed by atoms with E-state index in [0.29, 0.717) is 18.4 Å². The molecule has 0 bridgehead atoms. The molecule has 1 aliphatic heterocycles. The van der Waals surface area contributed by atoms with E-state index in [1.807, 2.05) is 33.8 Å². The molecule has 0 aliphatic carbocycles. The molecular formula is C21H25NO5. The van der Waals surface area contributed by atoms with E-state index in [0.717, 1.165) is 0 Å². The fraction of sp³-hybridized carbons (Fsp3) is 0.429. The molecular weight excluding hydrogens is 346 g/mol. The standard InChI is InChI=1S/C21H25NO5/c1-20(2)13-16(26-18(23)15-9-6-5-7-10-15)14-21(3,4)22(20)27-19(24)17-11-8-12-25-17/h5-12,16H,13-14H2,1-4H3. The van der Waals surface area contributed by atoms with Gasteiger partial charge in [0.05, 0.1) is 22.9 Å². The Morgan fingerprint density at radius 2 is 1.59 bits per heavy atom. The van der Waals surface area contributed by atoms with Gasteiger partial charge in [-0.15, -0.1) is 5.06 Å². The zero-order valence-electron chi connectivity index (χ0n) is 16.1. The minimum Gasteiger partial charge on any atom is -0.459 e. The van der Waals surface area contributed by atoms with Crippen LogP contribution in [-0.2, 0) is 9.57 Å². The number of ether oxygens (including phenoxy) is 1. The van der Waals surface area contributed by atoms with Crippen LogP contribution >= 0.6 is 0 Å². The molecule has 1 aromatic carbocycles. The number of nitrogens with zero attached hydrogens (tertiary/aromatic N) is 1. The van der Waals surface area contributed by atoms with Crippen LogP contribution in [0.5, 0.6) is 0 Å². The van der Waals surface area contributed by atoms with E-state index in [4.69, 9.17) is 14.0 Å². The molecule has 1 saturated heterocycles. The van der Waals surface area contributed by atoms with Gasteiger partial charge in [0, 0.05) is 12.8 Å². The number of benzene rings is 1. The van der Waals surface area contributed by atoms with Crippen molar-refractivity contribution in [3.05, 3.63) is 60.1 Å². The summed E-state index contributed by atoms with van der Waals surface area (Å²) < 4.78 is 10.9. The number of hydrogen-bond donors (Lipinski definition) is 0. The monoisotopic (exact) mass is 371 g/mol. The second kappa shape index (κ2) is 7.19. The van der Waals surface area contributed by atoms with Crippen molar-refractivity contribution < 1.29 is 23.6 Å². The maximum Gasteiger partial charge on any atom is 0.393 e. The Hall–Kier alpha value is -2.60. The van der Waals surface area contributed by atoms with Gasteiger partial charge in [0.25, 0.3) is 0 Å². The molecule has 2 aromatic rings. The van der Waals surface area contributed by atoms with E-state index in [1.165, 1.54) is 6.26 Å². The van der Waals surface area contributed by atoms with Crippen molar-refractivity contribution in [1.29, 1.82) is 0 Å². The van der Waals surface area contributed by atoms with Gasteiger partial charge in [-0.1, -0.05) is 18.2 Å². The Balaban J connectivity index is 1.72. The highest BCUT2D eigenvalue weighted by Gasteiger charge is 2.49. The van der Waals surface area contributed by atoms with Gasteiger partial charge in [-0.25, -0.2) is 9.59 Å². The summed E-state index contributed by atoms with van der Waals surface area (Å²) in [6, 6.07) is 12.1. The van der Waals surface area contributed by atoms with E-state index in [9.17, 15) is 9.59 Å². The first-order valence-corrected chi connectivity index (χ1v) is 9.01. The van der Waals surface area contributed by atoms with E-state index in [-0.39, 0.29) is 17.8 Å². The fourth-order valence-corrected chi connectivity index (χ4v) is 3.82. The van der Waals surface area contributed by atoms with Crippen LogP contribution in [0, 0.1) is 0 Å². The van der Waals surface area contributed by atoms with Gasteiger partial charge in [-0.2, -0.15) is 0 Å². The van der Waals surface area contributed by atoms with Gasteiger partial charge in [0.2, 0.25) is 5.76 Å². The molecule has 0 unspecified atom stereocenters. The number of piperidine rings is 1. The van der Waals surface area contributed by atoms with Crippen molar-refractivity contribution in [2.75, 3.05) is 0 Å². The van der Waals surface area contributed by atoms with Gasteiger partial charge in [0.1, 0.15) is 6.10 Å². The highest BCUT2D eigenvalue weighted by molar-refractivity contribution is 5.89. The van der Waals surface area contributed by atoms with E-state index < -0.39 is 17.0 Å². The van der Waals surface area contributed by atoms with E-state index in [2.05, 4.69) is 0 Å². The summed E-state index contributed by atoms with van der Waals surface area (Å²) in [7, 11) is 0. The zero-order valence-corrected chi connectivity index (χ0v) is 16.1. The topological polar surface area (TPSA) is 69.0 Å². The molecule has 0 saturated carbocycles. The van der Waals surface area contributed by atoms with Gasteiger partial charge in [-0.3, -0.25) is 0 Å². The minimum atomic E-state index is -0.541. The number of rotatable bonds is 4. The van der Waals surface area contributed by atoms with Crippen LogP contribution in [0.25, 0.3) is 0 Å². The molecule has 0 atom stereocenters. The predicted octanol–water partition coefficient (Wildman–Crippen LogP) is 4.23. The molecule has 6 heteroatoms. The summed E-state index contributed by atoms with van der Waals surface area (Å²) in [6.07, 6.45) is 2.24. The molecule has 1 aromatic heterocycles. The summed E-state index contributed by atoms with van der Waals surface area (Å²) in [5.74, 6) is -0.728. The molecule has 0 spiro atoms. The Bertz CT molecular complexity index is 777. The van der Waals surface area contributed by atoms with Crippen molar-refractivity contribution in [3.63, 3.8) is 0 Å². The lowest BCUT2D eigenvalue weighted by Gasteiger charge is -2.52. The highest BCUT2D eigenvalue weighted by Crippen LogP contribution is 2.40. The summed E-state index contributed by atoms with van der Waals surface area (Å²) in [5.41, 5.74) is -0.517. The Kier molecular flexibility index (Phi) is 5.11. The smallest absolute Gasteiger partial charge is 0.393 e. The molecule has 3 rings (SSSR count). The number of carbonyl (C=O) groups is 2. The maximum atomic E-state index is 12.4. The van der Waals surface area contributed by atoms with Crippen LogP contribution in [0.2, 0.25) is 0 Å². The first-order valence-electron chi connectivity index (χ1n) is 9.01. The Morgan fingerprint density at radius 1 is 0.963 bits per heavy atom. The zero-order chi connectivity index (χ0) is 19.7. The molecule has 1 fully saturated rings. The summed E-state index contributed by atoms with van der Waals surface area (Å²) in [4.78, 5) is 30.4. The van der Waals surface area contributed by atoms with Gasteiger partial charge in [0.15, 0.2) is 0 Å². The SMILES string of the molecule is CC1(C)CC(OC(=O)c2ccccc2)CC(C)(C)N1OC(=O)c1ccco1. The number of hydrogen-bond acceptors (Lipinski definition) is 6. The number of furan rings is 1. The summed E-state index contributed by atoms with van der Waals surface area (Å²) in [6.45, 7) is 7.86. The van der Waals surface area contributed by atoms with Crippen LogP contribution in [-0.4, -0.2) is 34.2 Å². The second-order valence-corrected chi connectivity index (χ2v) is 8.08. The third kappa shape index (κ3) is 4.22. The predicted molar refractivity (Wildman–Crippen MR) is 99.0 cm³/mol.